The lowest BCUT2D eigenvalue weighted by atomic mass is 9.78. The summed E-state index contributed by atoms with van der Waals surface area (Å²) in [4.78, 5) is 21.3. The van der Waals surface area contributed by atoms with Crippen molar-refractivity contribution in [2.75, 3.05) is 54.9 Å². The minimum atomic E-state index is 0.372. The lowest BCUT2D eigenvalue weighted by Crippen LogP contribution is -2.66. The van der Waals surface area contributed by atoms with Gasteiger partial charge in [-0.2, -0.15) is 9.97 Å². The average molecular weight is 464 g/mol. The van der Waals surface area contributed by atoms with E-state index in [9.17, 15) is 0 Å². The van der Waals surface area contributed by atoms with E-state index in [4.69, 9.17) is 25.4 Å². The highest BCUT2D eigenvalue weighted by Gasteiger charge is 2.49. The lowest BCUT2D eigenvalue weighted by molar-refractivity contribution is -0.127. The Kier molecular flexibility index (Phi) is 5.70. The van der Waals surface area contributed by atoms with E-state index in [0.717, 1.165) is 68.4 Å². The van der Waals surface area contributed by atoms with Gasteiger partial charge in [0, 0.05) is 25.7 Å². The van der Waals surface area contributed by atoms with Gasteiger partial charge in [0.1, 0.15) is 5.82 Å². The molecule has 180 valence electrons. The molecule has 0 aromatic carbocycles. The van der Waals surface area contributed by atoms with Crippen LogP contribution in [-0.2, 0) is 4.74 Å². The zero-order chi connectivity index (χ0) is 23.0. The van der Waals surface area contributed by atoms with Crippen molar-refractivity contribution in [2.24, 2.45) is 11.1 Å². The van der Waals surface area contributed by atoms with Gasteiger partial charge in [-0.1, -0.05) is 12.8 Å². The Bertz CT molecular complexity index is 1130. The van der Waals surface area contributed by atoms with Gasteiger partial charge < -0.3 is 30.6 Å². The maximum absolute atomic E-state index is 5.64. The Balaban J connectivity index is 1.23. The first kappa shape index (κ1) is 21.5. The van der Waals surface area contributed by atoms with Crippen LogP contribution in [0.15, 0.2) is 24.7 Å². The highest BCUT2D eigenvalue weighted by atomic mass is 16.5. The monoisotopic (exact) mass is 463 g/mol. The molecule has 4 N–H and O–H groups in total. The van der Waals surface area contributed by atoms with Crippen LogP contribution in [0.4, 0.5) is 23.3 Å². The molecule has 10 nitrogen and oxygen atoms in total. The number of imidazole rings is 1. The third-order valence-corrected chi connectivity index (χ3v) is 7.26. The van der Waals surface area contributed by atoms with Crippen LogP contribution in [0.5, 0.6) is 0 Å². The van der Waals surface area contributed by atoms with Crippen molar-refractivity contribution in [3.05, 3.63) is 24.7 Å². The van der Waals surface area contributed by atoms with Gasteiger partial charge in [-0.3, -0.25) is 0 Å². The topological polar surface area (TPSA) is 119 Å². The Morgan fingerprint density at radius 1 is 1.09 bits per heavy atom. The predicted molar refractivity (Wildman–Crippen MR) is 133 cm³/mol. The number of fused-ring (bicyclic) bond motifs is 1. The molecule has 6 rings (SSSR count). The van der Waals surface area contributed by atoms with Gasteiger partial charge in [0.15, 0.2) is 17.0 Å². The molecule has 3 aromatic rings. The van der Waals surface area contributed by atoms with E-state index < -0.39 is 0 Å². The molecule has 0 amide bonds. The molecule has 3 aliphatic rings. The maximum Gasteiger partial charge on any atom is 0.226 e. The number of nitrogens with two attached hydrogens (primary N) is 1. The Morgan fingerprint density at radius 2 is 1.94 bits per heavy atom. The molecule has 1 spiro atoms. The fourth-order valence-corrected chi connectivity index (χ4v) is 5.28. The van der Waals surface area contributed by atoms with Crippen molar-refractivity contribution in [3.8, 4) is 0 Å². The van der Waals surface area contributed by atoms with Crippen LogP contribution in [0.2, 0.25) is 0 Å². The molecule has 0 radical (unpaired) electrons. The van der Waals surface area contributed by atoms with Crippen LogP contribution in [0.3, 0.4) is 0 Å². The van der Waals surface area contributed by atoms with Crippen LogP contribution in [0.25, 0.3) is 11.2 Å². The summed E-state index contributed by atoms with van der Waals surface area (Å²) in [5.41, 5.74) is 8.56. The van der Waals surface area contributed by atoms with E-state index in [0.29, 0.717) is 29.8 Å². The van der Waals surface area contributed by atoms with Crippen LogP contribution in [0.1, 0.15) is 44.6 Å². The number of anilines is 4. The standard InChI is InChI=1S/C24H33N9O/c25-9-3-4-10-26-23-30-21(20-22(31-23)33(16-28-20)18-5-1-2-6-18)29-17-7-8-19(27-11-17)32-12-24(13-32)14-34-15-24/h7-8,11,16,18H,1-6,9-10,12-15,25H2,(H2,26,29,30,31). The van der Waals surface area contributed by atoms with E-state index in [1.54, 1.807) is 0 Å². The van der Waals surface area contributed by atoms with Crippen LogP contribution in [-0.4, -0.2) is 63.9 Å². The Hall–Kier alpha value is -2.98. The molecule has 3 fully saturated rings. The molecule has 2 aliphatic heterocycles. The number of hydrogen-bond donors (Lipinski definition) is 3. The third kappa shape index (κ3) is 4.05. The van der Waals surface area contributed by atoms with Gasteiger partial charge in [-0.05, 0) is 44.4 Å². The Labute approximate surface area is 199 Å². The smallest absolute Gasteiger partial charge is 0.226 e. The van der Waals surface area contributed by atoms with Gasteiger partial charge in [0.2, 0.25) is 5.95 Å². The number of nitrogens with one attached hydrogen (secondary N) is 2. The SMILES string of the molecule is NCCCCNc1nc(Nc2ccc(N3CC4(COC4)C3)nc2)c2ncn(C3CCCC3)c2n1. The third-order valence-electron chi connectivity index (χ3n) is 7.26. The van der Waals surface area contributed by atoms with Crippen molar-refractivity contribution in [1.82, 2.24) is 24.5 Å². The summed E-state index contributed by atoms with van der Waals surface area (Å²) in [5, 5.41) is 6.82. The van der Waals surface area contributed by atoms with E-state index in [2.05, 4.69) is 37.2 Å². The van der Waals surface area contributed by atoms with Gasteiger partial charge in [-0.15, -0.1) is 0 Å². The van der Waals surface area contributed by atoms with Crippen molar-refractivity contribution in [2.45, 2.75) is 44.6 Å². The highest BCUT2D eigenvalue weighted by molar-refractivity contribution is 5.86. The molecule has 0 unspecified atom stereocenters. The fourth-order valence-electron chi connectivity index (χ4n) is 5.28. The van der Waals surface area contributed by atoms with Crippen molar-refractivity contribution in [1.29, 1.82) is 0 Å². The number of ether oxygens (including phenoxy) is 1. The summed E-state index contributed by atoms with van der Waals surface area (Å²) in [7, 11) is 0. The van der Waals surface area contributed by atoms with E-state index in [1.165, 1.54) is 25.7 Å². The van der Waals surface area contributed by atoms with Gasteiger partial charge in [0.05, 0.1) is 36.8 Å². The molecule has 34 heavy (non-hydrogen) atoms. The zero-order valence-corrected chi connectivity index (χ0v) is 19.5. The molecule has 2 saturated heterocycles. The first-order valence-corrected chi connectivity index (χ1v) is 12.5. The van der Waals surface area contributed by atoms with E-state index in [-0.39, 0.29) is 0 Å². The molecule has 0 bridgehead atoms. The average Bonchev–Trinajstić information content (AvgIpc) is 3.46. The normalized spacial score (nSPS) is 19.4. The largest absolute Gasteiger partial charge is 0.380 e. The van der Waals surface area contributed by atoms with Crippen molar-refractivity contribution >= 4 is 34.4 Å². The quantitative estimate of drug-likeness (QED) is 0.411. The van der Waals surface area contributed by atoms with Crippen LogP contribution in [0, 0.1) is 5.41 Å². The molecule has 10 heteroatoms. The number of nitrogens with zero attached hydrogens (tertiary/aromatic N) is 6. The fraction of sp³-hybridized carbons (Fsp3) is 0.583. The number of unbranched alkanes of at least 4 members (excludes halogenated alkanes) is 1. The second-order valence-corrected chi connectivity index (χ2v) is 9.96. The second-order valence-electron chi connectivity index (χ2n) is 9.96. The van der Waals surface area contributed by atoms with Gasteiger partial charge in [0.25, 0.3) is 0 Å². The van der Waals surface area contributed by atoms with Gasteiger partial charge in [-0.25, -0.2) is 9.97 Å². The second kappa shape index (κ2) is 8.99. The van der Waals surface area contributed by atoms with E-state index in [1.807, 2.05) is 12.5 Å². The first-order valence-electron chi connectivity index (χ1n) is 12.5. The summed E-state index contributed by atoms with van der Waals surface area (Å²) >= 11 is 0. The molecule has 0 atom stereocenters. The molecular formula is C24H33N9O. The molecule has 1 saturated carbocycles. The summed E-state index contributed by atoms with van der Waals surface area (Å²) in [6, 6.07) is 4.58. The lowest BCUT2D eigenvalue weighted by Gasteiger charge is -2.55. The zero-order valence-electron chi connectivity index (χ0n) is 19.5. The van der Waals surface area contributed by atoms with E-state index >= 15 is 0 Å². The molecule has 3 aromatic heterocycles. The molecule has 5 heterocycles. The minimum Gasteiger partial charge on any atom is -0.380 e. The number of rotatable bonds is 9. The summed E-state index contributed by atoms with van der Waals surface area (Å²) in [6.45, 7) is 5.29. The maximum atomic E-state index is 5.64. The predicted octanol–water partition coefficient (Wildman–Crippen LogP) is 3.07. The molecule has 1 aliphatic carbocycles. The first-order chi connectivity index (χ1) is 16.7. The number of pyridine rings is 1. The summed E-state index contributed by atoms with van der Waals surface area (Å²) in [6.07, 6.45) is 10.6. The van der Waals surface area contributed by atoms with Crippen molar-refractivity contribution in [3.63, 3.8) is 0 Å². The summed E-state index contributed by atoms with van der Waals surface area (Å²) in [5.74, 6) is 2.32. The number of hydrogen-bond acceptors (Lipinski definition) is 9. The van der Waals surface area contributed by atoms with Gasteiger partial charge >= 0.3 is 0 Å². The minimum absolute atomic E-state index is 0.372. The van der Waals surface area contributed by atoms with Crippen LogP contribution >= 0.6 is 0 Å². The molecular weight excluding hydrogens is 430 g/mol. The highest BCUT2D eigenvalue weighted by Crippen LogP contribution is 2.40. The van der Waals surface area contributed by atoms with Crippen molar-refractivity contribution < 1.29 is 4.74 Å². The number of aromatic nitrogens is 5. The van der Waals surface area contributed by atoms with Crippen LogP contribution < -0.4 is 21.3 Å². The summed E-state index contributed by atoms with van der Waals surface area (Å²) < 4.78 is 7.61. The Morgan fingerprint density at radius 3 is 2.65 bits per heavy atom.